The zero-order chi connectivity index (χ0) is 6.10. The van der Waals surface area contributed by atoms with Gasteiger partial charge in [0, 0.05) is 12.1 Å². The molecule has 0 bridgehead atoms. The molecule has 0 spiro atoms. The van der Waals surface area contributed by atoms with Gasteiger partial charge in [0.15, 0.2) is 0 Å². The van der Waals surface area contributed by atoms with Crippen LogP contribution < -0.4 is 0 Å². The molecule has 2 nitrogen and oxygen atoms in total. The van der Waals surface area contributed by atoms with Crippen LogP contribution in [-0.2, 0) is 0 Å². The maximum Gasteiger partial charge on any atom is 0.0775 e. The third kappa shape index (κ3) is 0.784. The molecule has 0 saturated heterocycles. The summed E-state index contributed by atoms with van der Waals surface area (Å²) in [5.41, 5.74) is 0. The molecule has 9 heavy (non-hydrogen) atoms. The lowest BCUT2D eigenvalue weighted by Crippen LogP contribution is -2.09. The van der Waals surface area contributed by atoms with Gasteiger partial charge in [-0.3, -0.25) is 0 Å². The molecule has 2 rings (SSSR count). The predicted octanol–water partition coefficient (Wildman–Crippen LogP) is 2.13. The van der Waals surface area contributed by atoms with Crippen LogP contribution in [0.2, 0.25) is 0 Å². The minimum Gasteiger partial charge on any atom is -0.185 e. The fourth-order valence-electron chi connectivity index (χ4n) is 1.61. The molecule has 1 aliphatic heterocycles. The van der Waals surface area contributed by atoms with Gasteiger partial charge in [-0.05, 0) is 12.8 Å². The molecule has 1 fully saturated rings. The third-order valence-corrected chi connectivity index (χ3v) is 2.15. The summed E-state index contributed by atoms with van der Waals surface area (Å²) < 4.78 is 0. The Kier molecular flexibility index (Phi) is 1.11. The van der Waals surface area contributed by atoms with E-state index in [1.165, 1.54) is 19.3 Å². The fourth-order valence-corrected chi connectivity index (χ4v) is 1.61. The summed E-state index contributed by atoms with van der Waals surface area (Å²) in [6, 6.07) is 0.537. The van der Waals surface area contributed by atoms with Gasteiger partial charge in [-0.15, -0.1) is 0 Å². The first-order valence-electron chi connectivity index (χ1n) is 3.53. The Balaban J connectivity index is 2.18. The number of rotatable bonds is 0. The quantitative estimate of drug-likeness (QED) is 0.470. The molecule has 2 unspecified atom stereocenters. The normalized spacial score (nSPS) is 39.1. The van der Waals surface area contributed by atoms with Crippen molar-refractivity contribution in [2.75, 3.05) is 0 Å². The summed E-state index contributed by atoms with van der Waals surface area (Å²) in [6.45, 7) is 0. The molecular formula is C7H10N2. The number of nitrogens with zero attached hydrogens (tertiary/aromatic N) is 2. The van der Waals surface area contributed by atoms with E-state index in [0.717, 1.165) is 5.92 Å². The smallest absolute Gasteiger partial charge is 0.0775 e. The van der Waals surface area contributed by atoms with Crippen LogP contribution >= 0.6 is 0 Å². The molecule has 2 aliphatic rings. The van der Waals surface area contributed by atoms with Gasteiger partial charge in [-0.2, -0.15) is 10.2 Å². The lowest BCUT2D eigenvalue weighted by atomic mass is 10.0. The highest BCUT2D eigenvalue weighted by Crippen LogP contribution is 2.31. The number of fused-ring (bicyclic) bond motifs is 1. The fraction of sp³-hybridized carbons (Fsp3) is 0.714. The van der Waals surface area contributed by atoms with Gasteiger partial charge < -0.3 is 0 Å². The second-order valence-corrected chi connectivity index (χ2v) is 2.73. The molecule has 0 aromatic heterocycles. The van der Waals surface area contributed by atoms with Gasteiger partial charge in [-0.1, -0.05) is 12.5 Å². The van der Waals surface area contributed by atoms with Crippen molar-refractivity contribution in [2.24, 2.45) is 16.1 Å². The van der Waals surface area contributed by atoms with E-state index in [1.807, 2.05) is 6.20 Å². The molecular weight excluding hydrogens is 112 g/mol. The Hall–Kier alpha value is -0.660. The Labute approximate surface area is 54.7 Å². The largest absolute Gasteiger partial charge is 0.185 e. The van der Waals surface area contributed by atoms with Crippen LogP contribution in [0.1, 0.15) is 19.3 Å². The van der Waals surface area contributed by atoms with E-state index in [-0.39, 0.29) is 0 Å². The van der Waals surface area contributed by atoms with E-state index in [9.17, 15) is 0 Å². The monoisotopic (exact) mass is 122 g/mol. The molecule has 0 aromatic rings. The van der Waals surface area contributed by atoms with Crippen molar-refractivity contribution in [2.45, 2.75) is 25.3 Å². The Morgan fingerprint density at radius 3 is 3.22 bits per heavy atom. The second-order valence-electron chi connectivity index (χ2n) is 2.73. The summed E-state index contributed by atoms with van der Waals surface area (Å²) in [5.74, 6) is 0.725. The zero-order valence-corrected chi connectivity index (χ0v) is 5.33. The van der Waals surface area contributed by atoms with Crippen LogP contribution in [0.4, 0.5) is 0 Å². The van der Waals surface area contributed by atoms with Crippen LogP contribution in [0, 0.1) is 5.92 Å². The molecule has 0 N–H and O–H groups in total. The maximum absolute atomic E-state index is 4.13. The van der Waals surface area contributed by atoms with Crippen LogP contribution in [0.25, 0.3) is 0 Å². The number of azo groups is 1. The summed E-state index contributed by atoms with van der Waals surface area (Å²) in [4.78, 5) is 0. The molecule has 0 aromatic carbocycles. The highest BCUT2D eigenvalue weighted by Gasteiger charge is 2.25. The predicted molar refractivity (Wildman–Crippen MR) is 35.1 cm³/mol. The minimum absolute atomic E-state index is 0.537. The van der Waals surface area contributed by atoms with Gasteiger partial charge in [0.25, 0.3) is 0 Å². The van der Waals surface area contributed by atoms with Gasteiger partial charge in [-0.25, -0.2) is 0 Å². The molecule has 0 radical (unpaired) electrons. The van der Waals surface area contributed by atoms with Gasteiger partial charge in [0.05, 0.1) is 6.04 Å². The van der Waals surface area contributed by atoms with Crippen molar-refractivity contribution in [1.29, 1.82) is 0 Å². The van der Waals surface area contributed by atoms with Crippen LogP contribution in [-0.4, -0.2) is 6.04 Å². The standard InChI is InChI=1S/C7H10N2/c1-2-6-4-5-8-9-7(6)3-1/h4-7H,1-3H2. The van der Waals surface area contributed by atoms with E-state index in [0.29, 0.717) is 6.04 Å². The molecule has 2 atom stereocenters. The minimum atomic E-state index is 0.537. The van der Waals surface area contributed by atoms with Crippen molar-refractivity contribution in [3.8, 4) is 0 Å². The molecule has 0 amide bonds. The van der Waals surface area contributed by atoms with Crippen molar-refractivity contribution in [1.82, 2.24) is 0 Å². The average molecular weight is 122 g/mol. The van der Waals surface area contributed by atoms with Crippen molar-refractivity contribution in [3.63, 3.8) is 0 Å². The highest BCUT2D eigenvalue weighted by molar-refractivity contribution is 4.99. The summed E-state index contributed by atoms with van der Waals surface area (Å²) in [7, 11) is 0. The second kappa shape index (κ2) is 1.94. The van der Waals surface area contributed by atoms with E-state index < -0.39 is 0 Å². The topological polar surface area (TPSA) is 24.7 Å². The zero-order valence-electron chi connectivity index (χ0n) is 5.33. The summed E-state index contributed by atoms with van der Waals surface area (Å²) in [5, 5.41) is 7.99. The van der Waals surface area contributed by atoms with Crippen molar-refractivity contribution in [3.05, 3.63) is 12.3 Å². The van der Waals surface area contributed by atoms with Gasteiger partial charge in [0.1, 0.15) is 0 Å². The first kappa shape index (κ1) is 5.15. The lowest BCUT2D eigenvalue weighted by molar-refractivity contribution is 0.545. The number of hydrogen-bond acceptors (Lipinski definition) is 2. The Morgan fingerprint density at radius 2 is 2.33 bits per heavy atom. The molecule has 48 valence electrons. The Morgan fingerprint density at radius 1 is 1.33 bits per heavy atom. The van der Waals surface area contributed by atoms with Crippen molar-refractivity contribution >= 4 is 0 Å². The summed E-state index contributed by atoms with van der Waals surface area (Å²) in [6.07, 6.45) is 7.91. The van der Waals surface area contributed by atoms with Gasteiger partial charge in [0.2, 0.25) is 0 Å². The first-order valence-corrected chi connectivity index (χ1v) is 3.53. The van der Waals surface area contributed by atoms with E-state index in [4.69, 9.17) is 0 Å². The maximum atomic E-state index is 4.13. The van der Waals surface area contributed by atoms with E-state index >= 15 is 0 Å². The van der Waals surface area contributed by atoms with Gasteiger partial charge >= 0.3 is 0 Å². The Bertz CT molecular complexity index is 142. The van der Waals surface area contributed by atoms with Crippen LogP contribution in [0.5, 0.6) is 0 Å². The van der Waals surface area contributed by atoms with Crippen molar-refractivity contribution < 1.29 is 0 Å². The lowest BCUT2D eigenvalue weighted by Gasteiger charge is -2.11. The number of hydrogen-bond donors (Lipinski definition) is 0. The molecule has 1 aliphatic carbocycles. The van der Waals surface area contributed by atoms with Crippen LogP contribution in [0.3, 0.4) is 0 Å². The van der Waals surface area contributed by atoms with Crippen LogP contribution in [0.15, 0.2) is 22.5 Å². The molecule has 2 heteroatoms. The average Bonchev–Trinajstić information content (AvgIpc) is 2.33. The summed E-state index contributed by atoms with van der Waals surface area (Å²) >= 11 is 0. The third-order valence-electron chi connectivity index (χ3n) is 2.15. The van der Waals surface area contributed by atoms with E-state index in [1.54, 1.807) is 0 Å². The molecule has 1 saturated carbocycles. The van der Waals surface area contributed by atoms with E-state index in [2.05, 4.69) is 16.3 Å². The SMILES string of the molecule is C1=CC2CCCC2N=N1. The first-order chi connectivity index (χ1) is 4.47. The highest BCUT2D eigenvalue weighted by atomic mass is 15.1. The molecule has 1 heterocycles.